The van der Waals surface area contributed by atoms with Crippen LogP contribution in [0.1, 0.15) is 25.7 Å². The van der Waals surface area contributed by atoms with Crippen LogP contribution in [0.5, 0.6) is 0 Å². The minimum Gasteiger partial charge on any atom is -0.379 e. The predicted octanol–water partition coefficient (Wildman–Crippen LogP) is 1.49. The number of ether oxygens (including phenoxy) is 1. The SMILES string of the molecule is O=S(=O)(C1CC1)N1CCC[C@]2(COCCN(c3cccnc3)C2)C1. The first kappa shape index (κ1) is 16.3. The van der Waals surface area contributed by atoms with Gasteiger partial charge in [0.2, 0.25) is 10.0 Å². The zero-order valence-electron chi connectivity index (χ0n) is 13.9. The van der Waals surface area contributed by atoms with Gasteiger partial charge in [-0.05, 0) is 37.8 Å². The molecule has 3 fully saturated rings. The van der Waals surface area contributed by atoms with Gasteiger partial charge in [-0.2, -0.15) is 0 Å². The molecule has 1 spiro atoms. The standard InChI is InChI=1S/C17H25N3O3S/c21-24(22,16-4-5-16)20-8-2-6-17(13-20)12-19(9-10-23-14-17)15-3-1-7-18-11-15/h1,3,7,11,16H,2,4-6,8-10,12-14H2/t17-/m1/s1. The third-order valence-electron chi connectivity index (χ3n) is 5.38. The molecule has 1 aliphatic carbocycles. The molecule has 2 aliphatic heterocycles. The highest BCUT2D eigenvalue weighted by Gasteiger charge is 2.46. The first-order chi connectivity index (χ1) is 11.6. The van der Waals surface area contributed by atoms with Crippen LogP contribution >= 0.6 is 0 Å². The van der Waals surface area contributed by atoms with E-state index in [9.17, 15) is 8.42 Å². The predicted molar refractivity (Wildman–Crippen MR) is 92.5 cm³/mol. The van der Waals surface area contributed by atoms with Crippen LogP contribution in [0.4, 0.5) is 5.69 Å². The van der Waals surface area contributed by atoms with E-state index in [1.54, 1.807) is 10.5 Å². The van der Waals surface area contributed by atoms with Gasteiger partial charge in [0.25, 0.3) is 0 Å². The van der Waals surface area contributed by atoms with Gasteiger partial charge in [0.1, 0.15) is 0 Å². The van der Waals surface area contributed by atoms with E-state index in [-0.39, 0.29) is 10.7 Å². The van der Waals surface area contributed by atoms with Crippen LogP contribution < -0.4 is 4.90 Å². The number of hydrogen-bond donors (Lipinski definition) is 0. The molecule has 0 radical (unpaired) electrons. The molecule has 1 aromatic heterocycles. The molecule has 2 saturated heterocycles. The van der Waals surface area contributed by atoms with Crippen LogP contribution in [0.2, 0.25) is 0 Å². The van der Waals surface area contributed by atoms with E-state index < -0.39 is 10.0 Å². The number of anilines is 1. The van der Waals surface area contributed by atoms with Crippen molar-refractivity contribution in [2.24, 2.45) is 5.41 Å². The Balaban J connectivity index is 1.56. The fourth-order valence-corrected chi connectivity index (χ4v) is 5.95. The fraction of sp³-hybridized carbons (Fsp3) is 0.706. The van der Waals surface area contributed by atoms with E-state index >= 15 is 0 Å². The van der Waals surface area contributed by atoms with Gasteiger partial charge in [-0.3, -0.25) is 4.98 Å². The zero-order valence-corrected chi connectivity index (χ0v) is 14.7. The number of nitrogens with zero attached hydrogens (tertiary/aromatic N) is 3. The molecule has 1 atom stereocenters. The molecule has 0 N–H and O–H groups in total. The molecule has 0 aromatic carbocycles. The quantitative estimate of drug-likeness (QED) is 0.826. The van der Waals surface area contributed by atoms with Crippen molar-refractivity contribution in [1.82, 2.24) is 9.29 Å². The molecule has 1 saturated carbocycles. The average Bonchev–Trinajstić information content (AvgIpc) is 3.44. The summed E-state index contributed by atoms with van der Waals surface area (Å²) in [5, 5.41) is -0.131. The number of aromatic nitrogens is 1. The van der Waals surface area contributed by atoms with Crippen LogP contribution in [0.15, 0.2) is 24.5 Å². The second kappa shape index (κ2) is 6.28. The Bertz CT molecular complexity index is 678. The Labute approximate surface area is 143 Å². The lowest BCUT2D eigenvalue weighted by molar-refractivity contribution is 0.0350. The highest BCUT2D eigenvalue weighted by atomic mass is 32.2. The van der Waals surface area contributed by atoms with Crippen molar-refractivity contribution in [2.75, 3.05) is 44.3 Å². The molecule has 7 heteroatoms. The maximum atomic E-state index is 12.7. The normalized spacial score (nSPS) is 29.6. The van der Waals surface area contributed by atoms with Crippen molar-refractivity contribution in [2.45, 2.75) is 30.9 Å². The highest BCUT2D eigenvalue weighted by Crippen LogP contribution is 2.39. The van der Waals surface area contributed by atoms with Gasteiger partial charge in [0.15, 0.2) is 0 Å². The molecule has 4 rings (SSSR count). The topological polar surface area (TPSA) is 62.7 Å². The largest absolute Gasteiger partial charge is 0.379 e. The second-order valence-electron chi connectivity index (χ2n) is 7.37. The summed E-state index contributed by atoms with van der Waals surface area (Å²) in [5.41, 5.74) is 0.969. The number of pyridine rings is 1. The summed E-state index contributed by atoms with van der Waals surface area (Å²) in [6, 6.07) is 4.01. The van der Waals surface area contributed by atoms with Gasteiger partial charge >= 0.3 is 0 Å². The maximum absolute atomic E-state index is 12.7. The minimum absolute atomic E-state index is 0.119. The zero-order chi connectivity index (χ0) is 16.6. The summed E-state index contributed by atoms with van der Waals surface area (Å²) in [6.45, 7) is 4.21. The van der Waals surface area contributed by atoms with Crippen LogP contribution in [0.3, 0.4) is 0 Å². The van der Waals surface area contributed by atoms with Crippen LogP contribution in [0, 0.1) is 5.41 Å². The Hall–Kier alpha value is -1.18. The van der Waals surface area contributed by atoms with Gasteiger partial charge in [-0.1, -0.05) is 0 Å². The van der Waals surface area contributed by atoms with Crippen molar-refractivity contribution in [3.63, 3.8) is 0 Å². The molecular formula is C17H25N3O3S. The molecule has 0 bridgehead atoms. The lowest BCUT2D eigenvalue weighted by Gasteiger charge is -2.43. The molecule has 3 heterocycles. The molecule has 3 aliphatic rings. The average molecular weight is 351 g/mol. The highest BCUT2D eigenvalue weighted by molar-refractivity contribution is 7.90. The Morgan fingerprint density at radius 2 is 2.12 bits per heavy atom. The van der Waals surface area contributed by atoms with E-state index in [2.05, 4.69) is 16.0 Å². The third-order valence-corrected chi connectivity index (χ3v) is 7.73. The van der Waals surface area contributed by atoms with Crippen molar-refractivity contribution >= 4 is 15.7 Å². The summed E-state index contributed by atoms with van der Waals surface area (Å²) in [5.74, 6) is 0. The van der Waals surface area contributed by atoms with E-state index in [1.807, 2.05) is 12.3 Å². The first-order valence-electron chi connectivity index (χ1n) is 8.81. The summed E-state index contributed by atoms with van der Waals surface area (Å²) in [7, 11) is -3.11. The smallest absolute Gasteiger partial charge is 0.217 e. The monoisotopic (exact) mass is 351 g/mol. The van der Waals surface area contributed by atoms with Crippen molar-refractivity contribution in [1.29, 1.82) is 0 Å². The summed E-state index contributed by atoms with van der Waals surface area (Å²) >= 11 is 0. The summed E-state index contributed by atoms with van der Waals surface area (Å²) < 4.78 is 33.0. The minimum atomic E-state index is -3.11. The molecule has 0 unspecified atom stereocenters. The van der Waals surface area contributed by atoms with E-state index in [0.29, 0.717) is 26.3 Å². The molecule has 132 valence electrons. The molecule has 1 aromatic rings. The van der Waals surface area contributed by atoms with E-state index in [1.165, 1.54) is 0 Å². The number of sulfonamides is 1. The van der Waals surface area contributed by atoms with Gasteiger partial charge in [-0.15, -0.1) is 0 Å². The van der Waals surface area contributed by atoms with Crippen molar-refractivity contribution in [3.05, 3.63) is 24.5 Å². The Kier molecular flexibility index (Phi) is 4.26. The van der Waals surface area contributed by atoms with Gasteiger partial charge < -0.3 is 9.64 Å². The molecular weight excluding hydrogens is 326 g/mol. The number of hydrogen-bond acceptors (Lipinski definition) is 5. The molecule has 24 heavy (non-hydrogen) atoms. The lowest BCUT2D eigenvalue weighted by Crippen LogP contribution is -2.52. The molecule has 0 amide bonds. The fourth-order valence-electron chi connectivity index (χ4n) is 3.96. The van der Waals surface area contributed by atoms with Gasteiger partial charge in [0, 0.05) is 37.8 Å². The number of piperidine rings is 1. The van der Waals surface area contributed by atoms with E-state index in [4.69, 9.17) is 4.74 Å². The second-order valence-corrected chi connectivity index (χ2v) is 9.58. The van der Waals surface area contributed by atoms with E-state index in [0.717, 1.165) is 44.5 Å². The van der Waals surface area contributed by atoms with Crippen LogP contribution in [-0.2, 0) is 14.8 Å². The van der Waals surface area contributed by atoms with Crippen LogP contribution in [0.25, 0.3) is 0 Å². The summed E-state index contributed by atoms with van der Waals surface area (Å²) in [4.78, 5) is 6.52. The number of rotatable bonds is 3. The van der Waals surface area contributed by atoms with Crippen LogP contribution in [-0.4, -0.2) is 62.3 Å². The van der Waals surface area contributed by atoms with Gasteiger partial charge in [-0.25, -0.2) is 12.7 Å². The third kappa shape index (κ3) is 3.17. The first-order valence-corrected chi connectivity index (χ1v) is 10.3. The van der Waals surface area contributed by atoms with Crippen molar-refractivity contribution < 1.29 is 13.2 Å². The maximum Gasteiger partial charge on any atom is 0.217 e. The van der Waals surface area contributed by atoms with Gasteiger partial charge in [0.05, 0.1) is 30.3 Å². The Morgan fingerprint density at radius 1 is 1.25 bits per heavy atom. The molecule has 6 nitrogen and oxygen atoms in total. The Morgan fingerprint density at radius 3 is 2.88 bits per heavy atom. The summed E-state index contributed by atoms with van der Waals surface area (Å²) in [6.07, 6.45) is 7.23. The van der Waals surface area contributed by atoms with Crippen molar-refractivity contribution in [3.8, 4) is 0 Å². The lowest BCUT2D eigenvalue weighted by atomic mass is 9.81.